The molecule has 4 heteroatoms. The molecular weight excluding hydrogens is 170 g/mol. The monoisotopic (exact) mass is 178 g/mol. The molecule has 0 spiro atoms. The van der Waals surface area contributed by atoms with E-state index in [0.29, 0.717) is 0 Å². The Bertz CT molecular complexity index is 343. The van der Waals surface area contributed by atoms with Crippen molar-refractivity contribution in [1.82, 2.24) is 0 Å². The van der Waals surface area contributed by atoms with Gasteiger partial charge in [-0.2, -0.15) is 0 Å². The van der Waals surface area contributed by atoms with E-state index >= 15 is 0 Å². The zero-order valence-corrected chi connectivity index (χ0v) is 6.75. The van der Waals surface area contributed by atoms with Crippen molar-refractivity contribution in [1.29, 1.82) is 0 Å². The molecule has 0 heterocycles. The molecule has 0 radical (unpaired) electrons. The normalized spacial score (nSPS) is 10.2. The molecule has 0 bridgehead atoms. The first kappa shape index (κ1) is 9.12. The first-order chi connectivity index (χ1) is 6.20. The number of benzene rings is 1. The van der Waals surface area contributed by atoms with E-state index in [-0.39, 0.29) is 0 Å². The van der Waals surface area contributed by atoms with E-state index in [1.165, 1.54) is 6.08 Å². The van der Waals surface area contributed by atoms with Gasteiger partial charge in [-0.3, -0.25) is 0 Å². The third-order valence-corrected chi connectivity index (χ3v) is 1.41. The molecule has 0 aliphatic heterocycles. The molecule has 1 rings (SSSR count). The van der Waals surface area contributed by atoms with Gasteiger partial charge in [-0.1, -0.05) is 30.3 Å². The van der Waals surface area contributed by atoms with Crippen LogP contribution in [0.4, 0.5) is 0 Å². The Labute approximate surface area is 74.7 Å². The topological polar surface area (TPSA) is 57.4 Å². The van der Waals surface area contributed by atoms with Gasteiger partial charge in [0.25, 0.3) is 0 Å². The molecule has 66 valence electrons. The van der Waals surface area contributed by atoms with Crippen LogP contribution in [0.25, 0.3) is 6.08 Å². The highest BCUT2D eigenvalue weighted by Gasteiger charge is 2.15. The quantitative estimate of drug-likeness (QED) is 0.423. The van der Waals surface area contributed by atoms with E-state index in [0.717, 1.165) is 11.6 Å². The van der Waals surface area contributed by atoms with E-state index < -0.39 is 10.8 Å². The van der Waals surface area contributed by atoms with Crippen LogP contribution in [-0.4, -0.2) is 16.0 Å². The lowest BCUT2D eigenvalue weighted by Gasteiger charge is -1.87. The summed E-state index contributed by atoms with van der Waals surface area (Å²) in [6, 6.07) is 8.99. The van der Waals surface area contributed by atoms with Gasteiger partial charge >= 0.3 is 10.8 Å². The van der Waals surface area contributed by atoms with E-state index in [1.807, 2.05) is 6.07 Å². The number of hydrogen-bond acceptors (Lipinski definition) is 2. The van der Waals surface area contributed by atoms with Crippen molar-refractivity contribution in [3.63, 3.8) is 0 Å². The van der Waals surface area contributed by atoms with Gasteiger partial charge in [-0.25, -0.2) is 10.0 Å². The van der Waals surface area contributed by atoms with Crippen LogP contribution < -0.4 is 0 Å². The Morgan fingerprint density at radius 1 is 1.31 bits per heavy atom. The number of carbonyl (C=O) groups is 1. The van der Waals surface area contributed by atoms with Crippen LogP contribution in [0.1, 0.15) is 5.56 Å². The molecule has 0 atom stereocenters. The summed E-state index contributed by atoms with van der Waals surface area (Å²) >= 11 is 0. The van der Waals surface area contributed by atoms with Gasteiger partial charge in [0.2, 0.25) is 0 Å². The Balaban J connectivity index is 2.70. The van der Waals surface area contributed by atoms with E-state index in [4.69, 9.17) is 5.21 Å². The van der Waals surface area contributed by atoms with Crippen LogP contribution in [0.2, 0.25) is 0 Å². The second kappa shape index (κ2) is 4.15. The minimum absolute atomic E-state index is 0.709. The maximum Gasteiger partial charge on any atom is 0.514 e. The Hall–Kier alpha value is -1.97. The Morgan fingerprint density at radius 3 is 2.46 bits per heavy atom. The minimum Gasteiger partial charge on any atom is -0.238 e. The van der Waals surface area contributed by atoms with Crippen LogP contribution in [0.5, 0.6) is 0 Å². The van der Waals surface area contributed by atoms with Gasteiger partial charge in [0.15, 0.2) is 0 Å². The summed E-state index contributed by atoms with van der Waals surface area (Å²) in [7, 11) is 0. The highest BCUT2D eigenvalue weighted by Crippen LogP contribution is 2.00. The van der Waals surface area contributed by atoms with Crippen molar-refractivity contribution in [2.24, 2.45) is 0 Å². The summed E-state index contributed by atoms with van der Waals surface area (Å²) in [6.45, 7) is 0. The third-order valence-electron chi connectivity index (χ3n) is 1.41. The van der Waals surface area contributed by atoms with Gasteiger partial charge in [0.1, 0.15) is 0 Å². The summed E-state index contributed by atoms with van der Waals surface area (Å²) in [6.07, 6.45) is 2.45. The summed E-state index contributed by atoms with van der Waals surface area (Å²) in [5.74, 6) is -0.996. The second-order valence-corrected chi connectivity index (χ2v) is 2.36. The fourth-order valence-corrected chi connectivity index (χ4v) is 0.795. The summed E-state index contributed by atoms with van der Waals surface area (Å²) in [5, 5.41) is 8.18. The van der Waals surface area contributed by atoms with E-state index in [9.17, 15) is 9.70 Å². The summed E-state index contributed by atoms with van der Waals surface area (Å²) < 4.78 is 0. The summed E-state index contributed by atoms with van der Waals surface area (Å²) in [5.41, 5.74) is 0.790. The largest absolute Gasteiger partial charge is 0.514 e. The molecule has 1 aromatic carbocycles. The van der Waals surface area contributed by atoms with Crippen molar-refractivity contribution in [3.05, 3.63) is 46.9 Å². The molecular formula is C9H8NO3+. The van der Waals surface area contributed by atoms with Crippen molar-refractivity contribution in [2.45, 2.75) is 0 Å². The molecule has 0 aliphatic rings. The van der Waals surface area contributed by atoms with Crippen LogP contribution >= 0.6 is 0 Å². The van der Waals surface area contributed by atoms with E-state index in [1.54, 1.807) is 24.3 Å². The van der Waals surface area contributed by atoms with Gasteiger partial charge in [0, 0.05) is 0 Å². The highest BCUT2D eigenvalue weighted by molar-refractivity contribution is 5.84. The fraction of sp³-hybridized carbons (Fsp3) is 0. The molecule has 0 aliphatic carbocycles. The number of amides is 1. The van der Waals surface area contributed by atoms with Gasteiger partial charge in [-0.05, 0) is 11.6 Å². The zero-order chi connectivity index (χ0) is 9.68. The Kier molecular flexibility index (Phi) is 2.92. The van der Waals surface area contributed by atoms with Crippen molar-refractivity contribution >= 4 is 12.0 Å². The number of nitrogens with zero attached hydrogens (tertiary/aromatic N) is 1. The number of rotatable bonds is 2. The summed E-state index contributed by atoms with van der Waals surface area (Å²) in [4.78, 5) is 19.9. The van der Waals surface area contributed by atoms with Crippen LogP contribution in [0, 0.1) is 4.91 Å². The predicted molar refractivity (Wildman–Crippen MR) is 45.9 cm³/mol. The molecule has 0 saturated carbocycles. The lowest BCUT2D eigenvalue weighted by Crippen LogP contribution is -2.09. The van der Waals surface area contributed by atoms with Crippen LogP contribution in [0.15, 0.2) is 36.4 Å². The lowest BCUT2D eigenvalue weighted by molar-refractivity contribution is -0.719. The number of carbonyl (C=O) groups excluding carboxylic acids is 1. The molecule has 0 fully saturated rings. The average Bonchev–Trinajstić information content (AvgIpc) is 2.15. The predicted octanol–water partition coefficient (Wildman–Crippen LogP) is 1.39. The second-order valence-electron chi connectivity index (χ2n) is 2.36. The smallest absolute Gasteiger partial charge is 0.238 e. The van der Waals surface area contributed by atoms with Crippen LogP contribution in [0.3, 0.4) is 0 Å². The van der Waals surface area contributed by atoms with Crippen LogP contribution in [-0.2, 0) is 4.79 Å². The van der Waals surface area contributed by atoms with Gasteiger partial charge in [0.05, 0.1) is 11.0 Å². The maximum absolute atomic E-state index is 10.6. The molecule has 0 aromatic heterocycles. The third kappa shape index (κ3) is 2.86. The number of hydrogen-bond donors (Lipinski definition) is 1. The molecule has 0 unspecified atom stereocenters. The minimum atomic E-state index is -0.996. The molecule has 1 aromatic rings. The molecule has 0 saturated heterocycles. The first-order valence-corrected chi connectivity index (χ1v) is 3.63. The van der Waals surface area contributed by atoms with Gasteiger partial charge in [-0.15, -0.1) is 0 Å². The molecule has 1 N–H and O–H groups in total. The first-order valence-electron chi connectivity index (χ1n) is 3.63. The average molecular weight is 178 g/mol. The maximum atomic E-state index is 10.6. The van der Waals surface area contributed by atoms with E-state index in [2.05, 4.69) is 0 Å². The fourth-order valence-electron chi connectivity index (χ4n) is 0.795. The Morgan fingerprint density at radius 2 is 1.92 bits per heavy atom. The van der Waals surface area contributed by atoms with Crippen molar-refractivity contribution in [3.8, 4) is 0 Å². The zero-order valence-electron chi connectivity index (χ0n) is 6.75. The standard InChI is InChI=1S/C9H8NO3/c11-9(10(12)13)7-6-8-4-2-1-3-5-8/h1-7H,(H,12,13)/q+1. The molecule has 1 amide bonds. The van der Waals surface area contributed by atoms with Crippen molar-refractivity contribution < 1.29 is 14.9 Å². The molecule has 4 nitrogen and oxygen atoms in total. The SMILES string of the molecule is O=C(C=Cc1ccccc1)[N+](=O)O. The highest BCUT2D eigenvalue weighted by atomic mass is 16.6. The van der Waals surface area contributed by atoms with Gasteiger partial charge < -0.3 is 0 Å². The van der Waals surface area contributed by atoms with Crippen molar-refractivity contribution in [2.75, 3.05) is 0 Å². The lowest BCUT2D eigenvalue weighted by atomic mass is 10.2. The molecule has 13 heavy (non-hydrogen) atoms.